The van der Waals surface area contributed by atoms with Crippen molar-refractivity contribution in [2.75, 3.05) is 45.8 Å². The van der Waals surface area contributed by atoms with Crippen LogP contribution in [0.25, 0.3) is 0 Å². The van der Waals surface area contributed by atoms with Crippen LogP contribution in [0.3, 0.4) is 0 Å². The lowest BCUT2D eigenvalue weighted by molar-refractivity contribution is 0.0595. The Morgan fingerprint density at radius 2 is 1.75 bits per heavy atom. The van der Waals surface area contributed by atoms with Crippen molar-refractivity contribution in [3.8, 4) is 11.5 Å². The number of hydrogen-bond donors (Lipinski definition) is 2. The Balaban J connectivity index is 1.19. The van der Waals surface area contributed by atoms with E-state index in [1.165, 1.54) is 11.6 Å². The van der Waals surface area contributed by atoms with Gasteiger partial charge in [-0.25, -0.2) is 0 Å². The van der Waals surface area contributed by atoms with Crippen molar-refractivity contribution in [2.24, 2.45) is 0 Å². The number of aromatic nitrogens is 1. The fourth-order valence-electron chi connectivity index (χ4n) is 6.14. The fourth-order valence-corrected chi connectivity index (χ4v) is 6.14. The van der Waals surface area contributed by atoms with Gasteiger partial charge in [0.2, 0.25) is 5.43 Å². The van der Waals surface area contributed by atoms with Crippen LogP contribution in [0.2, 0.25) is 0 Å². The van der Waals surface area contributed by atoms with E-state index in [2.05, 4.69) is 22.8 Å². The molecule has 0 saturated carbocycles. The Morgan fingerprint density at radius 1 is 0.975 bits per heavy atom. The molecule has 1 aliphatic carbocycles. The number of piperazine rings is 1. The van der Waals surface area contributed by atoms with Gasteiger partial charge in [0.05, 0.1) is 0 Å². The number of pyridine rings is 1. The minimum absolute atomic E-state index is 0.0579. The Kier molecular flexibility index (Phi) is 8.87. The third-order valence-corrected chi connectivity index (χ3v) is 8.37. The predicted molar refractivity (Wildman–Crippen MR) is 156 cm³/mol. The largest absolute Gasteiger partial charge is 0.508 e. The molecule has 8 nitrogen and oxygen atoms in total. The number of hydrogen-bond acceptors (Lipinski definition) is 6. The summed E-state index contributed by atoms with van der Waals surface area (Å²) in [6.07, 6.45) is 5.62. The van der Waals surface area contributed by atoms with Crippen molar-refractivity contribution < 1.29 is 15.0 Å². The van der Waals surface area contributed by atoms with Gasteiger partial charge in [0.25, 0.3) is 5.91 Å². The Labute approximate surface area is 236 Å². The molecule has 1 aliphatic heterocycles. The Morgan fingerprint density at radius 3 is 2.50 bits per heavy atom. The zero-order valence-corrected chi connectivity index (χ0v) is 23.3. The third-order valence-electron chi connectivity index (χ3n) is 8.37. The maximum atomic E-state index is 13.5. The van der Waals surface area contributed by atoms with Gasteiger partial charge in [-0.15, -0.1) is 0 Å². The maximum Gasteiger partial charge on any atom is 0.274 e. The van der Waals surface area contributed by atoms with E-state index in [0.717, 1.165) is 69.5 Å². The number of benzene rings is 2. The lowest BCUT2D eigenvalue weighted by Gasteiger charge is -2.39. The molecule has 1 saturated heterocycles. The van der Waals surface area contributed by atoms with Crippen LogP contribution in [0.15, 0.2) is 65.6 Å². The quantitative estimate of drug-likeness (QED) is 0.430. The smallest absolute Gasteiger partial charge is 0.274 e. The van der Waals surface area contributed by atoms with Crippen LogP contribution >= 0.6 is 0 Å². The van der Waals surface area contributed by atoms with Crippen molar-refractivity contribution in [2.45, 2.75) is 45.2 Å². The molecule has 212 valence electrons. The topological polar surface area (TPSA) is 89.3 Å². The van der Waals surface area contributed by atoms with Crippen LogP contribution in [-0.4, -0.2) is 87.2 Å². The van der Waals surface area contributed by atoms with Gasteiger partial charge < -0.3 is 19.7 Å². The first-order valence-corrected chi connectivity index (χ1v) is 14.5. The lowest BCUT2D eigenvalue weighted by atomic mass is 9.87. The average molecular weight is 545 g/mol. The number of fused-ring (bicyclic) bond motifs is 1. The molecule has 40 heavy (non-hydrogen) atoms. The molecular weight excluding hydrogens is 504 g/mol. The summed E-state index contributed by atoms with van der Waals surface area (Å²) in [6, 6.07) is 17.4. The molecule has 0 unspecified atom stereocenters. The van der Waals surface area contributed by atoms with E-state index in [1.54, 1.807) is 21.7 Å². The van der Waals surface area contributed by atoms with E-state index in [9.17, 15) is 19.8 Å². The number of rotatable bonds is 9. The summed E-state index contributed by atoms with van der Waals surface area (Å²) in [5.74, 6) is -0.364. The van der Waals surface area contributed by atoms with Crippen LogP contribution in [-0.2, 0) is 19.4 Å². The van der Waals surface area contributed by atoms with Gasteiger partial charge in [0.1, 0.15) is 5.75 Å². The van der Waals surface area contributed by atoms with Crippen LogP contribution < -0.4 is 5.43 Å². The van der Waals surface area contributed by atoms with Crippen molar-refractivity contribution in [3.63, 3.8) is 0 Å². The molecule has 1 aromatic heterocycles. The van der Waals surface area contributed by atoms with Crippen molar-refractivity contribution in [1.82, 2.24) is 19.3 Å². The number of phenolic OH excluding ortho intramolecular Hbond substituents is 1. The number of amides is 1. The second kappa shape index (κ2) is 12.7. The number of carbonyl (C=O) groups excluding carboxylic acids is 1. The van der Waals surface area contributed by atoms with E-state index in [-0.39, 0.29) is 11.6 Å². The van der Waals surface area contributed by atoms with Crippen LogP contribution in [0, 0.1) is 0 Å². The lowest BCUT2D eigenvalue weighted by Crippen LogP contribution is -2.51. The first-order valence-electron chi connectivity index (χ1n) is 14.5. The van der Waals surface area contributed by atoms with Gasteiger partial charge in [-0.05, 0) is 55.0 Å². The number of phenols is 1. The van der Waals surface area contributed by atoms with Gasteiger partial charge in [0.15, 0.2) is 11.4 Å². The van der Waals surface area contributed by atoms with E-state index in [4.69, 9.17) is 0 Å². The molecule has 5 rings (SSSR count). The summed E-state index contributed by atoms with van der Waals surface area (Å²) < 4.78 is 1.67. The molecule has 1 fully saturated rings. The van der Waals surface area contributed by atoms with Crippen LogP contribution in [0.1, 0.15) is 46.9 Å². The monoisotopic (exact) mass is 544 g/mol. The van der Waals surface area contributed by atoms with Gasteiger partial charge in [0, 0.05) is 64.1 Å². The Bertz CT molecular complexity index is 1370. The van der Waals surface area contributed by atoms with Gasteiger partial charge in [-0.2, -0.15) is 0 Å². The summed E-state index contributed by atoms with van der Waals surface area (Å²) in [4.78, 5) is 32.5. The van der Waals surface area contributed by atoms with Crippen molar-refractivity contribution >= 4 is 5.91 Å². The maximum absolute atomic E-state index is 13.5. The molecule has 1 atom stereocenters. The molecule has 3 aromatic rings. The fraction of sp³-hybridized carbons (Fsp3) is 0.438. The summed E-state index contributed by atoms with van der Waals surface area (Å²) in [5, 5.41) is 20.8. The molecule has 0 radical (unpaired) electrons. The first kappa shape index (κ1) is 27.9. The molecule has 1 amide bonds. The Hall–Kier alpha value is -3.62. The van der Waals surface area contributed by atoms with E-state index < -0.39 is 11.2 Å². The minimum Gasteiger partial charge on any atom is -0.508 e. The van der Waals surface area contributed by atoms with Gasteiger partial charge >= 0.3 is 0 Å². The molecular formula is C32H40N4O4. The zero-order valence-electron chi connectivity index (χ0n) is 23.3. The number of carbonyl (C=O) groups is 1. The highest BCUT2D eigenvalue weighted by molar-refractivity contribution is 5.95. The minimum atomic E-state index is -0.539. The first-order chi connectivity index (χ1) is 19.4. The zero-order chi connectivity index (χ0) is 28.1. The SMILES string of the molecule is CCCN(CCN1CCN(C(=O)c2c(O)c(=O)ccn2Cc2ccccc2)CC1)[C@H]1CCc2c(O)cccc2C1. The second-order valence-electron chi connectivity index (χ2n) is 11.0. The summed E-state index contributed by atoms with van der Waals surface area (Å²) in [5.41, 5.74) is 2.87. The standard InChI is InChI=1S/C32H40N4O4/c1-2-14-34(26-11-12-27-25(22-26)9-6-10-28(27)37)19-16-33-17-20-35(21-18-33)32(40)30-31(39)29(38)13-15-36(30)23-24-7-4-3-5-8-24/h3-10,13,15,26,37,39H,2,11-12,14,16-23H2,1H3/t26-/m0/s1. The van der Waals surface area contributed by atoms with Crippen LogP contribution in [0.5, 0.6) is 11.5 Å². The van der Waals surface area contributed by atoms with E-state index in [1.807, 2.05) is 36.4 Å². The molecule has 0 bridgehead atoms. The summed E-state index contributed by atoms with van der Waals surface area (Å²) in [6.45, 7) is 8.17. The highest BCUT2D eigenvalue weighted by atomic mass is 16.3. The summed E-state index contributed by atoms with van der Waals surface area (Å²) in [7, 11) is 0. The average Bonchev–Trinajstić information content (AvgIpc) is 2.98. The molecule has 2 aliphatic rings. The molecule has 2 N–H and O–H groups in total. The van der Waals surface area contributed by atoms with Crippen molar-refractivity contribution in [3.05, 3.63) is 93.4 Å². The van der Waals surface area contributed by atoms with Crippen molar-refractivity contribution in [1.29, 1.82) is 0 Å². The molecule has 8 heteroatoms. The van der Waals surface area contributed by atoms with E-state index in [0.29, 0.717) is 31.4 Å². The second-order valence-corrected chi connectivity index (χ2v) is 11.0. The number of nitrogens with zero attached hydrogens (tertiary/aromatic N) is 4. The summed E-state index contributed by atoms with van der Waals surface area (Å²) >= 11 is 0. The molecule has 0 spiro atoms. The van der Waals surface area contributed by atoms with E-state index >= 15 is 0 Å². The molecule has 2 heterocycles. The highest BCUT2D eigenvalue weighted by Gasteiger charge is 2.29. The third kappa shape index (κ3) is 6.24. The molecule has 2 aromatic carbocycles. The predicted octanol–water partition coefficient (Wildman–Crippen LogP) is 3.34. The number of aromatic hydroxyl groups is 2. The highest BCUT2D eigenvalue weighted by Crippen LogP contribution is 2.30. The van der Waals surface area contributed by atoms with Gasteiger partial charge in [-0.1, -0.05) is 49.4 Å². The van der Waals surface area contributed by atoms with Gasteiger partial charge in [-0.3, -0.25) is 19.4 Å². The normalized spacial score (nSPS) is 17.6. The van der Waals surface area contributed by atoms with Crippen LogP contribution in [0.4, 0.5) is 0 Å².